The molecule has 162 valence electrons. The van der Waals surface area contributed by atoms with Gasteiger partial charge in [-0.1, -0.05) is 18.9 Å². The Labute approximate surface area is 181 Å². The van der Waals surface area contributed by atoms with Gasteiger partial charge in [-0.3, -0.25) is 14.5 Å². The van der Waals surface area contributed by atoms with Crippen molar-refractivity contribution >= 4 is 17.5 Å². The van der Waals surface area contributed by atoms with Gasteiger partial charge in [-0.25, -0.2) is 0 Å². The lowest BCUT2D eigenvalue weighted by Gasteiger charge is -2.30. The second-order valence-electron chi connectivity index (χ2n) is 7.49. The Kier molecular flexibility index (Phi) is 6.40. The van der Waals surface area contributed by atoms with E-state index in [1.807, 2.05) is 13.0 Å². The van der Waals surface area contributed by atoms with Gasteiger partial charge in [0.2, 0.25) is 0 Å². The van der Waals surface area contributed by atoms with Crippen LogP contribution in [0.3, 0.4) is 0 Å². The predicted octanol–water partition coefficient (Wildman–Crippen LogP) is 4.72. The first-order valence-electron chi connectivity index (χ1n) is 10.6. The Hall–Kier alpha value is -3.48. The summed E-state index contributed by atoms with van der Waals surface area (Å²) in [6, 6.07) is 12.8. The lowest BCUT2D eigenvalue weighted by Crippen LogP contribution is -2.46. The average molecular weight is 422 g/mol. The molecule has 1 N–H and O–H groups in total. The second-order valence-corrected chi connectivity index (χ2v) is 7.49. The number of carbonyl (C=O) groups excluding carboxylic acids is 2. The number of nitrogens with one attached hydrogen (secondary N) is 1. The number of furan rings is 2. The van der Waals surface area contributed by atoms with Crippen molar-refractivity contribution in [2.75, 3.05) is 11.5 Å². The molecule has 2 aromatic heterocycles. The molecule has 0 spiro atoms. The van der Waals surface area contributed by atoms with Gasteiger partial charge in [0.05, 0.1) is 19.1 Å². The minimum Gasteiger partial charge on any atom is -0.494 e. The van der Waals surface area contributed by atoms with Crippen molar-refractivity contribution in [1.82, 2.24) is 5.32 Å². The fourth-order valence-electron chi connectivity index (χ4n) is 3.96. The third-order valence-electron chi connectivity index (χ3n) is 5.38. The summed E-state index contributed by atoms with van der Waals surface area (Å²) < 4.78 is 16.6. The molecule has 2 heterocycles. The molecule has 1 aliphatic rings. The predicted molar refractivity (Wildman–Crippen MR) is 115 cm³/mol. The Morgan fingerprint density at radius 2 is 1.87 bits per heavy atom. The summed E-state index contributed by atoms with van der Waals surface area (Å²) >= 11 is 0. The Morgan fingerprint density at radius 1 is 1.10 bits per heavy atom. The zero-order valence-electron chi connectivity index (χ0n) is 17.5. The molecule has 31 heavy (non-hydrogen) atoms. The summed E-state index contributed by atoms with van der Waals surface area (Å²) in [6.45, 7) is 2.37. The van der Waals surface area contributed by atoms with Gasteiger partial charge in [0.1, 0.15) is 11.5 Å². The van der Waals surface area contributed by atoms with Crippen LogP contribution in [0.5, 0.6) is 5.75 Å². The molecule has 0 saturated heterocycles. The Balaban J connectivity index is 1.77. The number of carbonyl (C=O) groups is 2. The van der Waals surface area contributed by atoms with Crippen molar-refractivity contribution in [3.05, 3.63) is 72.6 Å². The van der Waals surface area contributed by atoms with Crippen molar-refractivity contribution in [1.29, 1.82) is 0 Å². The molecule has 7 heteroatoms. The number of amides is 2. The van der Waals surface area contributed by atoms with Crippen LogP contribution in [0.15, 0.2) is 69.9 Å². The number of hydrogen-bond donors (Lipinski definition) is 1. The maximum atomic E-state index is 13.5. The number of rotatable bonds is 8. The molecule has 1 atom stereocenters. The fourth-order valence-corrected chi connectivity index (χ4v) is 3.96. The van der Waals surface area contributed by atoms with Gasteiger partial charge in [-0.05, 0) is 56.2 Å². The third-order valence-corrected chi connectivity index (χ3v) is 5.38. The summed E-state index contributed by atoms with van der Waals surface area (Å²) in [7, 11) is 0. The van der Waals surface area contributed by atoms with Crippen LogP contribution in [0, 0.1) is 0 Å². The molecule has 0 radical (unpaired) electrons. The first-order chi connectivity index (χ1) is 15.2. The first kappa shape index (κ1) is 20.8. The number of hydrogen-bond acceptors (Lipinski definition) is 5. The van der Waals surface area contributed by atoms with Gasteiger partial charge in [0, 0.05) is 17.8 Å². The third kappa shape index (κ3) is 4.66. The van der Waals surface area contributed by atoms with Crippen LogP contribution < -0.4 is 15.0 Å². The van der Waals surface area contributed by atoms with Gasteiger partial charge >= 0.3 is 0 Å². The molecule has 1 aromatic carbocycles. The highest BCUT2D eigenvalue weighted by Crippen LogP contribution is 2.33. The first-order valence-corrected chi connectivity index (χ1v) is 10.6. The van der Waals surface area contributed by atoms with Gasteiger partial charge in [-0.2, -0.15) is 0 Å². The molecular formula is C24H26N2O5. The standard InChI is InChI=1S/C24H26N2O5/c1-2-29-19-11-5-10-18(16-19)26(24(28)21-13-7-15-31-21)22(20-12-6-14-30-20)23(27)25-17-8-3-4-9-17/h5-7,10-17,22H,2-4,8-9H2,1H3,(H,25,27). The van der Waals surface area contributed by atoms with Crippen LogP contribution in [-0.4, -0.2) is 24.5 Å². The van der Waals surface area contributed by atoms with E-state index in [1.54, 1.807) is 42.5 Å². The molecule has 0 bridgehead atoms. The van der Waals surface area contributed by atoms with Crippen LogP contribution in [0.4, 0.5) is 5.69 Å². The normalized spacial score (nSPS) is 14.9. The van der Waals surface area contributed by atoms with Gasteiger partial charge in [-0.15, -0.1) is 0 Å². The number of ether oxygens (including phenoxy) is 1. The molecule has 1 fully saturated rings. The Morgan fingerprint density at radius 3 is 2.55 bits per heavy atom. The summed E-state index contributed by atoms with van der Waals surface area (Å²) in [6.07, 6.45) is 6.97. The molecule has 0 aliphatic heterocycles. The minimum atomic E-state index is -0.995. The second kappa shape index (κ2) is 9.55. The van der Waals surface area contributed by atoms with E-state index in [9.17, 15) is 9.59 Å². The molecule has 1 saturated carbocycles. The smallest absolute Gasteiger partial charge is 0.295 e. The van der Waals surface area contributed by atoms with Gasteiger partial charge in [0.15, 0.2) is 11.8 Å². The van der Waals surface area contributed by atoms with Crippen molar-refractivity contribution in [3.63, 3.8) is 0 Å². The average Bonchev–Trinajstić information content (AvgIpc) is 3.55. The number of nitrogens with zero attached hydrogens (tertiary/aromatic N) is 1. The molecule has 2 amide bonds. The molecule has 7 nitrogen and oxygen atoms in total. The summed E-state index contributed by atoms with van der Waals surface area (Å²) in [5.74, 6) is 0.376. The quantitative estimate of drug-likeness (QED) is 0.568. The fraction of sp³-hybridized carbons (Fsp3) is 0.333. The highest BCUT2D eigenvalue weighted by Gasteiger charge is 2.37. The van der Waals surface area contributed by atoms with Gasteiger partial charge in [0.25, 0.3) is 11.8 Å². The van der Waals surface area contributed by atoms with Crippen LogP contribution in [-0.2, 0) is 4.79 Å². The van der Waals surface area contributed by atoms with E-state index < -0.39 is 11.9 Å². The van der Waals surface area contributed by atoms with E-state index in [2.05, 4.69) is 5.32 Å². The van der Waals surface area contributed by atoms with E-state index in [0.29, 0.717) is 23.8 Å². The topological polar surface area (TPSA) is 84.9 Å². The molecule has 3 aromatic rings. The highest BCUT2D eigenvalue weighted by atomic mass is 16.5. The maximum absolute atomic E-state index is 13.5. The summed E-state index contributed by atoms with van der Waals surface area (Å²) in [4.78, 5) is 28.4. The zero-order valence-corrected chi connectivity index (χ0v) is 17.5. The SMILES string of the molecule is CCOc1cccc(N(C(=O)c2ccco2)C(C(=O)NC2CCCC2)c2ccco2)c1. The molecule has 4 rings (SSSR count). The monoisotopic (exact) mass is 422 g/mol. The number of benzene rings is 1. The molecular weight excluding hydrogens is 396 g/mol. The van der Waals surface area contributed by atoms with E-state index in [1.165, 1.54) is 17.4 Å². The summed E-state index contributed by atoms with van der Waals surface area (Å²) in [5.41, 5.74) is 0.510. The van der Waals surface area contributed by atoms with Crippen molar-refractivity contribution < 1.29 is 23.2 Å². The van der Waals surface area contributed by atoms with Crippen LogP contribution in [0.25, 0.3) is 0 Å². The maximum Gasteiger partial charge on any atom is 0.295 e. The van der Waals surface area contributed by atoms with Gasteiger partial charge < -0.3 is 18.9 Å². The lowest BCUT2D eigenvalue weighted by molar-refractivity contribution is -0.123. The van der Waals surface area contributed by atoms with Crippen molar-refractivity contribution in [3.8, 4) is 5.75 Å². The van der Waals surface area contributed by atoms with E-state index in [-0.39, 0.29) is 17.7 Å². The van der Waals surface area contributed by atoms with Crippen molar-refractivity contribution in [2.45, 2.75) is 44.7 Å². The number of anilines is 1. The van der Waals surface area contributed by atoms with E-state index in [0.717, 1.165) is 25.7 Å². The Bertz CT molecular complexity index is 991. The van der Waals surface area contributed by atoms with Crippen LogP contribution >= 0.6 is 0 Å². The van der Waals surface area contributed by atoms with E-state index in [4.69, 9.17) is 13.6 Å². The van der Waals surface area contributed by atoms with E-state index >= 15 is 0 Å². The summed E-state index contributed by atoms with van der Waals surface area (Å²) in [5, 5.41) is 3.10. The lowest BCUT2D eigenvalue weighted by atomic mass is 10.1. The molecule has 1 aliphatic carbocycles. The van der Waals surface area contributed by atoms with Crippen LogP contribution in [0.2, 0.25) is 0 Å². The largest absolute Gasteiger partial charge is 0.494 e. The van der Waals surface area contributed by atoms with Crippen molar-refractivity contribution in [2.24, 2.45) is 0 Å². The molecule has 1 unspecified atom stereocenters. The zero-order chi connectivity index (χ0) is 21.6. The van der Waals surface area contributed by atoms with Crippen LogP contribution in [0.1, 0.15) is 55.0 Å². The minimum absolute atomic E-state index is 0.0975. The highest BCUT2D eigenvalue weighted by molar-refractivity contribution is 6.08.